The molecule has 1 amide bonds. The van der Waals surface area contributed by atoms with Crippen molar-refractivity contribution in [3.05, 3.63) is 34.3 Å². The Labute approximate surface area is 189 Å². The van der Waals surface area contributed by atoms with Crippen molar-refractivity contribution in [2.45, 2.75) is 47.2 Å². The predicted octanol–water partition coefficient (Wildman–Crippen LogP) is 2.80. The zero-order valence-electron chi connectivity index (χ0n) is 16.1. The Bertz CT molecular complexity index is 1210. The van der Waals surface area contributed by atoms with E-state index >= 15 is 0 Å². The second kappa shape index (κ2) is 7.86. The number of nitriles is 1. The summed E-state index contributed by atoms with van der Waals surface area (Å²) in [5.41, 5.74) is -1.03. The van der Waals surface area contributed by atoms with Crippen LogP contribution >= 0.6 is 22.9 Å². The Hall–Kier alpha value is -2.43. The predicted molar refractivity (Wildman–Crippen MR) is 109 cm³/mol. The van der Waals surface area contributed by atoms with Gasteiger partial charge in [-0.3, -0.25) is 4.79 Å². The molecule has 8 nitrogen and oxygen atoms in total. The van der Waals surface area contributed by atoms with Crippen LogP contribution < -0.4 is 10.2 Å². The third-order valence-electron chi connectivity index (χ3n) is 5.38. The van der Waals surface area contributed by atoms with Gasteiger partial charge in [0.2, 0.25) is 16.0 Å². The van der Waals surface area contributed by atoms with Gasteiger partial charge in [-0.05, 0) is 31.4 Å². The summed E-state index contributed by atoms with van der Waals surface area (Å²) >= 11 is 6.28. The minimum absolute atomic E-state index is 0.00337. The summed E-state index contributed by atoms with van der Waals surface area (Å²) in [6.07, 6.45) is -4.04. The molecule has 0 radical (unpaired) electrons. The quantitative estimate of drug-likeness (QED) is 0.664. The Balaban J connectivity index is 1.68. The van der Waals surface area contributed by atoms with E-state index in [1.807, 2.05) is 6.07 Å². The van der Waals surface area contributed by atoms with Crippen molar-refractivity contribution in [2.24, 2.45) is 0 Å². The highest BCUT2D eigenvalue weighted by Crippen LogP contribution is 2.40. The van der Waals surface area contributed by atoms with Gasteiger partial charge in [-0.1, -0.05) is 35.1 Å². The van der Waals surface area contributed by atoms with E-state index in [0.29, 0.717) is 12.8 Å². The number of alkyl halides is 3. The fourth-order valence-corrected chi connectivity index (χ4v) is 6.48. The van der Waals surface area contributed by atoms with Crippen LogP contribution in [0.15, 0.2) is 29.2 Å². The zero-order valence-corrected chi connectivity index (χ0v) is 18.5. The molecule has 14 heteroatoms. The van der Waals surface area contributed by atoms with Crippen LogP contribution in [0.3, 0.4) is 0 Å². The molecule has 1 N–H and O–H groups in total. The number of benzene rings is 1. The Morgan fingerprint density at radius 2 is 2.00 bits per heavy atom. The molecule has 2 fully saturated rings. The van der Waals surface area contributed by atoms with E-state index in [-0.39, 0.29) is 39.4 Å². The second-order valence-electron chi connectivity index (χ2n) is 7.57. The number of carbonyl (C=O) groups is 1. The van der Waals surface area contributed by atoms with Gasteiger partial charge in [-0.2, -0.15) is 18.4 Å². The average molecular weight is 506 g/mol. The summed E-state index contributed by atoms with van der Waals surface area (Å²) in [7, 11) is -4.02. The molecule has 2 aromatic rings. The maximum Gasteiger partial charge on any atom is 0.445 e. The smallest absolute Gasteiger partial charge is 0.336 e. The van der Waals surface area contributed by atoms with Gasteiger partial charge in [0.25, 0.3) is 0 Å². The molecule has 1 aromatic heterocycles. The van der Waals surface area contributed by atoms with Crippen molar-refractivity contribution >= 4 is 43.8 Å². The van der Waals surface area contributed by atoms with Crippen LogP contribution in [0.5, 0.6) is 0 Å². The van der Waals surface area contributed by atoms with Crippen LogP contribution in [0.4, 0.5) is 18.3 Å². The van der Waals surface area contributed by atoms with Crippen LogP contribution in [0.2, 0.25) is 5.02 Å². The van der Waals surface area contributed by atoms with Crippen molar-refractivity contribution in [1.82, 2.24) is 15.5 Å². The molecule has 2 atom stereocenters. The highest BCUT2D eigenvalue weighted by atomic mass is 35.5. The molecule has 1 aromatic carbocycles. The normalized spacial score (nSPS) is 22.4. The third kappa shape index (κ3) is 4.14. The Kier molecular flexibility index (Phi) is 5.59. The first kappa shape index (κ1) is 22.8. The molecule has 1 aliphatic heterocycles. The monoisotopic (exact) mass is 505 g/mol. The number of sulfone groups is 1. The van der Waals surface area contributed by atoms with E-state index in [1.54, 1.807) is 6.07 Å². The van der Waals surface area contributed by atoms with Gasteiger partial charge in [0, 0.05) is 6.54 Å². The number of rotatable bonds is 5. The molecule has 2 heterocycles. The maximum absolute atomic E-state index is 13.2. The van der Waals surface area contributed by atoms with Gasteiger partial charge in [0.1, 0.15) is 11.6 Å². The topological polar surface area (TPSA) is 116 Å². The van der Waals surface area contributed by atoms with Gasteiger partial charge in [-0.15, -0.1) is 10.2 Å². The zero-order chi connectivity index (χ0) is 23.3. The van der Waals surface area contributed by atoms with E-state index in [0.717, 1.165) is 0 Å². The molecule has 0 unspecified atom stereocenters. The van der Waals surface area contributed by atoms with E-state index < -0.39 is 43.8 Å². The number of hydrogen-bond donors (Lipinski definition) is 1. The molecule has 1 saturated carbocycles. The summed E-state index contributed by atoms with van der Waals surface area (Å²) in [5, 5.41) is 16.0. The highest BCUT2D eigenvalue weighted by Gasteiger charge is 2.50. The van der Waals surface area contributed by atoms with Crippen LogP contribution in [0, 0.1) is 11.3 Å². The number of hydrogen-bond acceptors (Lipinski definition) is 8. The first-order valence-electron chi connectivity index (χ1n) is 9.36. The molecule has 32 heavy (non-hydrogen) atoms. The molecular weight excluding hydrogens is 491 g/mol. The maximum atomic E-state index is 13.2. The van der Waals surface area contributed by atoms with Gasteiger partial charge in [-0.25, -0.2) is 8.42 Å². The highest BCUT2D eigenvalue weighted by molar-refractivity contribution is 7.92. The summed E-state index contributed by atoms with van der Waals surface area (Å²) in [6.45, 7) is -0.280. The summed E-state index contributed by atoms with van der Waals surface area (Å²) in [4.78, 5) is 14.0. The summed E-state index contributed by atoms with van der Waals surface area (Å²) < 4.78 is 65.5. The van der Waals surface area contributed by atoms with Crippen molar-refractivity contribution in [3.8, 4) is 6.07 Å². The number of anilines is 1. The summed E-state index contributed by atoms with van der Waals surface area (Å²) in [6, 6.07) is 6.67. The number of halogens is 4. The molecule has 2 aliphatic rings. The lowest BCUT2D eigenvalue weighted by molar-refractivity contribution is -0.138. The Morgan fingerprint density at radius 1 is 1.31 bits per heavy atom. The van der Waals surface area contributed by atoms with E-state index in [1.165, 1.54) is 23.1 Å². The van der Waals surface area contributed by atoms with Crippen molar-refractivity contribution in [2.75, 3.05) is 11.4 Å². The van der Waals surface area contributed by atoms with Crippen LogP contribution in [-0.2, 0) is 20.8 Å². The fourth-order valence-electron chi connectivity index (χ4n) is 3.49. The van der Waals surface area contributed by atoms with Crippen LogP contribution in [0.1, 0.15) is 24.3 Å². The standard InChI is InChI=1S/C18H15ClF3N5O3S2/c19-11-3-1-2-4-13(11)32(29,30)10-7-12(14(28)24-17(9-23)5-6-17)27(8-10)16-26-25-15(31-16)18(20,21)22/h1-4,10,12H,5-8H2,(H,24,28)/t10-,12+/m1/s1. The lowest BCUT2D eigenvalue weighted by atomic mass is 10.2. The van der Waals surface area contributed by atoms with Crippen molar-refractivity contribution in [3.63, 3.8) is 0 Å². The summed E-state index contributed by atoms with van der Waals surface area (Å²) in [5.74, 6) is -0.648. The lowest BCUT2D eigenvalue weighted by Gasteiger charge is -2.23. The Morgan fingerprint density at radius 3 is 2.56 bits per heavy atom. The molecule has 1 saturated heterocycles. The van der Waals surface area contributed by atoms with Crippen LogP contribution in [-0.4, -0.2) is 47.9 Å². The van der Waals surface area contributed by atoms with E-state index in [2.05, 4.69) is 15.5 Å². The minimum Gasteiger partial charge on any atom is -0.336 e. The molecule has 1 aliphatic carbocycles. The van der Waals surface area contributed by atoms with Gasteiger partial charge in [0.15, 0.2) is 9.84 Å². The number of nitrogens with one attached hydrogen (secondary N) is 1. The molecule has 0 bridgehead atoms. The lowest BCUT2D eigenvalue weighted by Crippen LogP contribution is -2.47. The number of nitrogens with zero attached hydrogens (tertiary/aromatic N) is 4. The van der Waals surface area contributed by atoms with Crippen molar-refractivity contribution in [1.29, 1.82) is 5.26 Å². The molecule has 4 rings (SSSR count). The fraction of sp³-hybridized carbons (Fsp3) is 0.444. The molecular formula is C18H15ClF3N5O3S2. The van der Waals surface area contributed by atoms with E-state index in [9.17, 15) is 31.6 Å². The third-order valence-corrected chi connectivity index (χ3v) is 9.01. The van der Waals surface area contributed by atoms with Crippen LogP contribution in [0.25, 0.3) is 0 Å². The van der Waals surface area contributed by atoms with Gasteiger partial charge < -0.3 is 10.2 Å². The first-order chi connectivity index (χ1) is 15.0. The van der Waals surface area contributed by atoms with Gasteiger partial charge in [0.05, 0.1) is 21.2 Å². The second-order valence-corrected chi connectivity index (χ2v) is 11.1. The van der Waals surface area contributed by atoms with E-state index in [4.69, 9.17) is 11.6 Å². The number of carbonyl (C=O) groups excluding carboxylic acids is 1. The van der Waals surface area contributed by atoms with Crippen molar-refractivity contribution < 1.29 is 26.4 Å². The van der Waals surface area contributed by atoms with Gasteiger partial charge >= 0.3 is 6.18 Å². The largest absolute Gasteiger partial charge is 0.445 e. The average Bonchev–Trinajstić information content (AvgIpc) is 3.14. The minimum atomic E-state index is -4.73. The first-order valence-corrected chi connectivity index (χ1v) is 12.1. The number of aromatic nitrogens is 2. The SMILES string of the molecule is N#CC1(NC(=O)[C@@H]2C[C@@H](S(=O)(=O)c3ccccc3Cl)CN2c2nnc(C(F)(F)F)s2)CC1. The molecule has 170 valence electrons. The number of amides is 1. The molecule has 0 spiro atoms.